The van der Waals surface area contributed by atoms with Crippen LogP contribution in [-0.4, -0.2) is 10.2 Å². The highest BCUT2D eigenvalue weighted by Crippen LogP contribution is 2.37. The molecule has 0 bridgehead atoms. The van der Waals surface area contributed by atoms with Crippen LogP contribution in [-0.2, 0) is 0 Å². The predicted octanol–water partition coefficient (Wildman–Crippen LogP) is 5.24. The number of H-pyrrole nitrogens is 1. The van der Waals surface area contributed by atoms with Crippen molar-refractivity contribution in [2.45, 2.75) is 0 Å². The van der Waals surface area contributed by atoms with Gasteiger partial charge >= 0.3 is 0 Å². The second-order valence-corrected chi connectivity index (χ2v) is 6.55. The molecule has 0 amide bonds. The minimum absolute atomic E-state index is 0.432. The van der Waals surface area contributed by atoms with Gasteiger partial charge in [-0.1, -0.05) is 41.4 Å². The molecule has 0 fully saturated rings. The van der Waals surface area contributed by atoms with Crippen LogP contribution in [0.4, 0.5) is 5.82 Å². The Kier molecular flexibility index (Phi) is 4.10. The van der Waals surface area contributed by atoms with Crippen molar-refractivity contribution in [3.8, 4) is 22.4 Å². The second kappa shape index (κ2) is 5.87. The summed E-state index contributed by atoms with van der Waals surface area (Å²) in [6.07, 6.45) is 0. The molecule has 3 aromatic rings. The first-order valence-electron chi connectivity index (χ1n) is 6.11. The fourth-order valence-electron chi connectivity index (χ4n) is 2.13. The minimum atomic E-state index is 0.432. The van der Waals surface area contributed by atoms with E-state index in [-0.39, 0.29) is 0 Å². The van der Waals surface area contributed by atoms with E-state index >= 15 is 0 Å². The summed E-state index contributed by atoms with van der Waals surface area (Å²) in [6.45, 7) is 0. The van der Waals surface area contributed by atoms with Gasteiger partial charge < -0.3 is 5.73 Å². The van der Waals surface area contributed by atoms with Gasteiger partial charge in [-0.2, -0.15) is 5.10 Å². The molecule has 1 heterocycles. The van der Waals surface area contributed by atoms with Crippen LogP contribution >= 0.6 is 45.8 Å². The Bertz CT molecular complexity index is 797. The van der Waals surface area contributed by atoms with Crippen LogP contribution in [0.5, 0.6) is 0 Å². The van der Waals surface area contributed by atoms with Gasteiger partial charge in [0.15, 0.2) is 5.82 Å². The normalized spacial score (nSPS) is 10.8. The maximum atomic E-state index is 6.10. The smallest absolute Gasteiger partial charge is 0.153 e. The van der Waals surface area contributed by atoms with E-state index < -0.39 is 0 Å². The molecular weight excluding hydrogens is 420 g/mol. The van der Waals surface area contributed by atoms with E-state index in [9.17, 15) is 0 Å². The van der Waals surface area contributed by atoms with Crippen molar-refractivity contribution in [1.29, 1.82) is 0 Å². The summed E-state index contributed by atoms with van der Waals surface area (Å²) >= 11 is 14.3. The lowest BCUT2D eigenvalue weighted by atomic mass is 10.0. The van der Waals surface area contributed by atoms with Crippen molar-refractivity contribution in [2.75, 3.05) is 5.73 Å². The number of nitrogens with zero attached hydrogens (tertiary/aromatic N) is 1. The Balaban J connectivity index is 2.16. The molecule has 0 aliphatic heterocycles. The second-order valence-electron chi connectivity index (χ2n) is 4.49. The summed E-state index contributed by atoms with van der Waals surface area (Å²) < 4.78 is 1.17. The number of rotatable bonds is 2. The summed E-state index contributed by atoms with van der Waals surface area (Å²) in [6, 6.07) is 13.5. The molecule has 0 aliphatic rings. The van der Waals surface area contributed by atoms with Crippen molar-refractivity contribution in [2.24, 2.45) is 0 Å². The summed E-state index contributed by atoms with van der Waals surface area (Å²) in [5, 5.41) is 8.11. The quantitative estimate of drug-likeness (QED) is 0.547. The molecule has 3 nitrogen and oxygen atoms in total. The van der Waals surface area contributed by atoms with Crippen molar-refractivity contribution in [1.82, 2.24) is 10.2 Å². The van der Waals surface area contributed by atoms with E-state index in [1.165, 1.54) is 3.57 Å². The highest BCUT2D eigenvalue weighted by atomic mass is 127. The van der Waals surface area contributed by atoms with Crippen molar-refractivity contribution >= 4 is 51.6 Å². The predicted molar refractivity (Wildman–Crippen MR) is 96.6 cm³/mol. The molecule has 0 aliphatic carbocycles. The number of aromatic nitrogens is 2. The van der Waals surface area contributed by atoms with E-state index in [0.717, 1.165) is 22.4 Å². The Morgan fingerprint density at radius 2 is 1.62 bits per heavy atom. The summed E-state index contributed by atoms with van der Waals surface area (Å²) in [5.74, 6) is 0.432. The molecule has 3 N–H and O–H groups in total. The lowest BCUT2D eigenvalue weighted by Gasteiger charge is -2.06. The van der Waals surface area contributed by atoms with Crippen LogP contribution in [0.1, 0.15) is 0 Å². The molecule has 21 heavy (non-hydrogen) atoms. The average molecular weight is 430 g/mol. The van der Waals surface area contributed by atoms with Gasteiger partial charge in [0.05, 0.1) is 21.3 Å². The highest BCUT2D eigenvalue weighted by Gasteiger charge is 2.15. The zero-order chi connectivity index (χ0) is 15.0. The molecule has 106 valence electrons. The van der Waals surface area contributed by atoms with Gasteiger partial charge in [-0.3, -0.25) is 5.10 Å². The number of benzene rings is 2. The van der Waals surface area contributed by atoms with Crippen molar-refractivity contribution < 1.29 is 0 Å². The van der Waals surface area contributed by atoms with E-state index in [4.69, 9.17) is 28.9 Å². The van der Waals surface area contributed by atoms with E-state index in [0.29, 0.717) is 15.9 Å². The SMILES string of the molecule is Nc1n[nH]c(-c2ccc(I)cc2)c1-c1ccc(Cl)c(Cl)c1. The first kappa shape index (κ1) is 14.7. The summed E-state index contributed by atoms with van der Waals surface area (Å²) in [7, 11) is 0. The topological polar surface area (TPSA) is 54.7 Å². The van der Waals surface area contributed by atoms with Gasteiger partial charge in [-0.25, -0.2) is 0 Å². The maximum Gasteiger partial charge on any atom is 0.153 e. The Hall–Kier alpha value is -1.24. The molecule has 3 rings (SSSR count). The third kappa shape index (κ3) is 2.88. The standard InChI is InChI=1S/C15H10Cl2IN3/c16-11-6-3-9(7-12(11)17)13-14(20-21-15(13)19)8-1-4-10(18)5-2-8/h1-7H,(H3,19,20,21). The van der Waals surface area contributed by atoms with Gasteiger partial charge in [0.1, 0.15) is 0 Å². The average Bonchev–Trinajstić information content (AvgIpc) is 2.85. The fraction of sp³-hybridized carbons (Fsp3) is 0. The number of hydrogen-bond donors (Lipinski definition) is 2. The lowest BCUT2D eigenvalue weighted by Crippen LogP contribution is -1.89. The van der Waals surface area contributed by atoms with Crippen LogP contribution in [0.3, 0.4) is 0 Å². The number of halogens is 3. The van der Waals surface area contributed by atoms with Crippen LogP contribution < -0.4 is 5.73 Å². The molecule has 6 heteroatoms. The van der Waals surface area contributed by atoms with Crippen molar-refractivity contribution in [3.63, 3.8) is 0 Å². The Labute approximate surface area is 145 Å². The molecule has 0 unspecified atom stereocenters. The zero-order valence-corrected chi connectivity index (χ0v) is 14.4. The molecule has 0 saturated carbocycles. The zero-order valence-electron chi connectivity index (χ0n) is 10.7. The Morgan fingerprint density at radius 3 is 2.29 bits per heavy atom. The molecule has 0 spiro atoms. The first-order valence-corrected chi connectivity index (χ1v) is 7.95. The molecule has 0 saturated heterocycles. The number of anilines is 1. The molecule has 0 atom stereocenters. The van der Waals surface area contributed by atoms with Crippen molar-refractivity contribution in [3.05, 3.63) is 56.1 Å². The highest BCUT2D eigenvalue weighted by molar-refractivity contribution is 14.1. The van der Waals surface area contributed by atoms with Gasteiger partial charge in [0.25, 0.3) is 0 Å². The van der Waals surface area contributed by atoms with E-state index in [1.807, 2.05) is 30.3 Å². The number of nitrogen functional groups attached to an aromatic ring is 1. The summed E-state index contributed by atoms with van der Waals surface area (Å²) in [4.78, 5) is 0. The Morgan fingerprint density at radius 1 is 0.952 bits per heavy atom. The monoisotopic (exact) mass is 429 g/mol. The molecule has 1 aromatic heterocycles. The number of nitrogens with two attached hydrogens (primary N) is 1. The van der Waals surface area contributed by atoms with Gasteiger partial charge in [0.2, 0.25) is 0 Å². The lowest BCUT2D eigenvalue weighted by molar-refractivity contribution is 1.10. The van der Waals surface area contributed by atoms with Gasteiger partial charge in [0, 0.05) is 9.13 Å². The van der Waals surface area contributed by atoms with E-state index in [1.54, 1.807) is 12.1 Å². The largest absolute Gasteiger partial charge is 0.382 e. The van der Waals surface area contributed by atoms with E-state index in [2.05, 4.69) is 32.8 Å². The number of hydrogen-bond acceptors (Lipinski definition) is 2. The molecule has 2 aromatic carbocycles. The fourth-order valence-corrected chi connectivity index (χ4v) is 2.78. The van der Waals surface area contributed by atoms with Crippen LogP contribution in [0.25, 0.3) is 22.4 Å². The third-order valence-corrected chi connectivity index (χ3v) is 4.59. The molecule has 0 radical (unpaired) electrons. The molecular formula is C15H10Cl2IN3. The number of aromatic amines is 1. The van der Waals surface area contributed by atoms with Crippen LogP contribution in [0, 0.1) is 3.57 Å². The first-order chi connectivity index (χ1) is 10.1. The third-order valence-electron chi connectivity index (χ3n) is 3.14. The van der Waals surface area contributed by atoms with Gasteiger partial charge in [-0.15, -0.1) is 0 Å². The number of nitrogens with one attached hydrogen (secondary N) is 1. The van der Waals surface area contributed by atoms with Crippen LogP contribution in [0.2, 0.25) is 10.0 Å². The summed E-state index contributed by atoms with van der Waals surface area (Å²) in [5.41, 5.74) is 9.59. The maximum absolute atomic E-state index is 6.10. The minimum Gasteiger partial charge on any atom is -0.382 e. The van der Waals surface area contributed by atoms with Gasteiger partial charge in [-0.05, 0) is 52.4 Å². The van der Waals surface area contributed by atoms with Crippen LogP contribution in [0.15, 0.2) is 42.5 Å².